The fourth-order valence-corrected chi connectivity index (χ4v) is 1.52. The lowest BCUT2D eigenvalue weighted by atomic mass is 10.2. The smallest absolute Gasteiger partial charge is 0.320 e. The second kappa shape index (κ2) is 6.31. The number of carboxylic acids is 1. The Morgan fingerprint density at radius 2 is 2.28 bits per heavy atom. The minimum atomic E-state index is -1.14. The van der Waals surface area contributed by atoms with Crippen molar-refractivity contribution in [2.45, 2.75) is 12.5 Å². The van der Waals surface area contributed by atoms with Gasteiger partial charge < -0.3 is 15.6 Å². The topological polar surface area (TPSA) is 116 Å². The van der Waals surface area contributed by atoms with Gasteiger partial charge in [-0.3, -0.25) is 14.9 Å². The maximum absolute atomic E-state index is 10.8. The first-order valence-corrected chi connectivity index (χ1v) is 5.76. The Labute approximate surface area is 111 Å². The van der Waals surface area contributed by atoms with Crippen LogP contribution in [0.1, 0.15) is 6.42 Å². The fraction of sp³-hybridized carbons (Fsp3) is 0.300. The number of carbonyl (C=O) groups is 1. The molecule has 0 fully saturated rings. The Hall–Kier alpha value is -1.67. The van der Waals surface area contributed by atoms with Crippen molar-refractivity contribution >= 4 is 27.6 Å². The van der Waals surface area contributed by atoms with E-state index in [0.717, 1.165) is 0 Å². The summed E-state index contributed by atoms with van der Waals surface area (Å²) in [6, 6.07) is 3.31. The average Bonchev–Trinajstić information content (AvgIpc) is 2.30. The molecule has 0 radical (unpaired) electrons. The fourth-order valence-electron chi connectivity index (χ4n) is 1.17. The van der Waals surface area contributed by atoms with Crippen molar-refractivity contribution in [1.29, 1.82) is 0 Å². The van der Waals surface area contributed by atoms with Gasteiger partial charge in [0.05, 0.1) is 11.5 Å². The van der Waals surface area contributed by atoms with Gasteiger partial charge in [0.15, 0.2) is 5.75 Å². The van der Waals surface area contributed by atoms with E-state index in [2.05, 4.69) is 15.9 Å². The van der Waals surface area contributed by atoms with Gasteiger partial charge in [-0.05, 0) is 12.1 Å². The van der Waals surface area contributed by atoms with Gasteiger partial charge in [-0.2, -0.15) is 0 Å². The molecular weight excluding hydrogens is 308 g/mol. The number of nitro groups is 1. The standard InChI is InChI=1S/C10H11BrN2O5/c11-6-1-2-9(8(5-6)13(16)17)18-4-3-7(12)10(14)15/h1-2,5,7H,3-4,12H2,(H,14,15). The Morgan fingerprint density at radius 3 is 2.83 bits per heavy atom. The summed E-state index contributed by atoms with van der Waals surface area (Å²) in [5, 5.41) is 19.3. The van der Waals surface area contributed by atoms with E-state index >= 15 is 0 Å². The van der Waals surface area contributed by atoms with Crippen molar-refractivity contribution in [3.05, 3.63) is 32.8 Å². The van der Waals surface area contributed by atoms with E-state index < -0.39 is 16.9 Å². The van der Waals surface area contributed by atoms with Crippen LogP contribution >= 0.6 is 15.9 Å². The lowest BCUT2D eigenvalue weighted by Gasteiger charge is -2.09. The van der Waals surface area contributed by atoms with E-state index in [9.17, 15) is 14.9 Å². The number of rotatable bonds is 6. The van der Waals surface area contributed by atoms with Gasteiger partial charge in [0, 0.05) is 17.0 Å². The van der Waals surface area contributed by atoms with Gasteiger partial charge in [-0.1, -0.05) is 15.9 Å². The molecule has 1 unspecified atom stereocenters. The van der Waals surface area contributed by atoms with Crippen LogP contribution in [0.2, 0.25) is 0 Å². The monoisotopic (exact) mass is 318 g/mol. The van der Waals surface area contributed by atoms with E-state index in [1.54, 1.807) is 6.07 Å². The van der Waals surface area contributed by atoms with Crippen LogP contribution in [0.25, 0.3) is 0 Å². The first kappa shape index (κ1) is 14.4. The molecule has 1 aromatic rings. The third-order valence-electron chi connectivity index (χ3n) is 2.12. The van der Waals surface area contributed by atoms with Gasteiger partial charge >= 0.3 is 11.7 Å². The first-order valence-electron chi connectivity index (χ1n) is 4.97. The highest BCUT2D eigenvalue weighted by atomic mass is 79.9. The van der Waals surface area contributed by atoms with E-state index in [4.69, 9.17) is 15.6 Å². The molecule has 0 saturated carbocycles. The van der Waals surface area contributed by atoms with Crippen LogP contribution < -0.4 is 10.5 Å². The highest BCUT2D eigenvalue weighted by Crippen LogP contribution is 2.30. The molecule has 0 aliphatic rings. The number of halogens is 1. The number of nitro benzene ring substituents is 1. The number of hydrogen-bond donors (Lipinski definition) is 2. The molecule has 1 aromatic carbocycles. The van der Waals surface area contributed by atoms with Crippen LogP contribution in [0, 0.1) is 10.1 Å². The normalized spacial score (nSPS) is 11.9. The highest BCUT2D eigenvalue weighted by molar-refractivity contribution is 9.10. The molecule has 1 rings (SSSR count). The molecule has 18 heavy (non-hydrogen) atoms. The van der Waals surface area contributed by atoms with Crippen molar-refractivity contribution in [1.82, 2.24) is 0 Å². The minimum Gasteiger partial charge on any atom is -0.487 e. The number of nitrogens with zero attached hydrogens (tertiary/aromatic N) is 1. The zero-order chi connectivity index (χ0) is 13.7. The van der Waals surface area contributed by atoms with Crippen molar-refractivity contribution in [3.8, 4) is 5.75 Å². The number of carboxylic acid groups (broad SMARTS) is 1. The van der Waals surface area contributed by atoms with Gasteiger partial charge in [-0.15, -0.1) is 0 Å². The third kappa shape index (κ3) is 3.97. The molecule has 3 N–H and O–H groups in total. The molecule has 8 heteroatoms. The molecule has 98 valence electrons. The molecule has 0 amide bonds. The van der Waals surface area contributed by atoms with E-state index in [0.29, 0.717) is 4.47 Å². The Bertz CT molecular complexity index is 466. The van der Waals surface area contributed by atoms with Crippen LogP contribution in [-0.2, 0) is 4.79 Å². The molecule has 0 spiro atoms. The van der Waals surface area contributed by atoms with Crippen molar-refractivity contribution in [2.24, 2.45) is 5.73 Å². The van der Waals surface area contributed by atoms with Crippen LogP contribution in [0.3, 0.4) is 0 Å². The van der Waals surface area contributed by atoms with Crippen molar-refractivity contribution in [3.63, 3.8) is 0 Å². The average molecular weight is 319 g/mol. The summed E-state index contributed by atoms with van der Waals surface area (Å²) >= 11 is 3.12. The van der Waals surface area contributed by atoms with E-state index in [1.165, 1.54) is 12.1 Å². The maximum Gasteiger partial charge on any atom is 0.320 e. The van der Waals surface area contributed by atoms with Gasteiger partial charge in [0.2, 0.25) is 0 Å². The number of ether oxygens (including phenoxy) is 1. The Kier molecular flexibility index (Phi) is 5.05. The Balaban J connectivity index is 2.67. The molecule has 0 saturated heterocycles. The number of nitrogens with two attached hydrogens (primary N) is 1. The molecular formula is C10H11BrN2O5. The second-order valence-electron chi connectivity index (χ2n) is 3.45. The molecule has 1 atom stereocenters. The summed E-state index contributed by atoms with van der Waals surface area (Å²) in [6.45, 7) is -0.00403. The SMILES string of the molecule is NC(CCOc1ccc(Br)cc1[N+](=O)[O-])C(=O)O. The van der Waals surface area contributed by atoms with Crippen LogP contribution in [0.15, 0.2) is 22.7 Å². The summed E-state index contributed by atoms with van der Waals surface area (Å²) in [5.74, 6) is -1.05. The zero-order valence-corrected chi connectivity index (χ0v) is 10.8. The zero-order valence-electron chi connectivity index (χ0n) is 9.21. The van der Waals surface area contributed by atoms with Gasteiger partial charge in [0.25, 0.3) is 0 Å². The lowest BCUT2D eigenvalue weighted by molar-refractivity contribution is -0.385. The maximum atomic E-state index is 10.8. The van der Waals surface area contributed by atoms with Crippen LogP contribution in [0.5, 0.6) is 5.75 Å². The number of benzene rings is 1. The van der Waals surface area contributed by atoms with Crippen LogP contribution in [0.4, 0.5) is 5.69 Å². The van der Waals surface area contributed by atoms with Crippen LogP contribution in [-0.4, -0.2) is 28.6 Å². The predicted octanol–water partition coefficient (Wildman–Crippen LogP) is 1.54. The minimum absolute atomic E-state index is 0.00403. The van der Waals surface area contributed by atoms with E-state index in [1.807, 2.05) is 0 Å². The Morgan fingerprint density at radius 1 is 1.61 bits per heavy atom. The van der Waals surface area contributed by atoms with Gasteiger partial charge in [-0.25, -0.2) is 0 Å². The molecule has 0 aliphatic heterocycles. The summed E-state index contributed by atoms with van der Waals surface area (Å²) < 4.78 is 5.73. The third-order valence-corrected chi connectivity index (χ3v) is 2.61. The molecule has 0 aliphatic carbocycles. The van der Waals surface area contributed by atoms with Crippen molar-refractivity contribution in [2.75, 3.05) is 6.61 Å². The van der Waals surface area contributed by atoms with Crippen molar-refractivity contribution < 1.29 is 19.6 Å². The second-order valence-corrected chi connectivity index (χ2v) is 4.37. The van der Waals surface area contributed by atoms with E-state index in [-0.39, 0.29) is 24.5 Å². The molecule has 0 heterocycles. The first-order chi connectivity index (χ1) is 8.41. The lowest BCUT2D eigenvalue weighted by Crippen LogP contribution is -2.31. The molecule has 0 aromatic heterocycles. The molecule has 7 nitrogen and oxygen atoms in total. The summed E-state index contributed by atoms with van der Waals surface area (Å²) in [7, 11) is 0. The largest absolute Gasteiger partial charge is 0.487 e. The predicted molar refractivity (Wildman–Crippen MR) is 66.5 cm³/mol. The molecule has 0 bridgehead atoms. The quantitative estimate of drug-likeness (QED) is 0.607. The van der Waals surface area contributed by atoms with Gasteiger partial charge in [0.1, 0.15) is 6.04 Å². The number of aliphatic carboxylic acids is 1. The summed E-state index contributed by atoms with van der Waals surface area (Å²) in [6.07, 6.45) is 0.0720. The highest BCUT2D eigenvalue weighted by Gasteiger charge is 2.17. The number of hydrogen-bond acceptors (Lipinski definition) is 5. The summed E-state index contributed by atoms with van der Waals surface area (Å²) in [4.78, 5) is 20.7. The summed E-state index contributed by atoms with van der Waals surface area (Å²) in [5.41, 5.74) is 5.09.